The molecule has 0 atom stereocenters. The molecule has 0 aliphatic rings. The minimum Gasteiger partial charge on any atom is -0.462 e. The Morgan fingerprint density at radius 2 is 1.30 bits per heavy atom. The van der Waals surface area contributed by atoms with Crippen molar-refractivity contribution in [3.63, 3.8) is 0 Å². The largest absolute Gasteiger partial charge is 0.462 e. The molecule has 4 heteroatoms. The van der Waals surface area contributed by atoms with Gasteiger partial charge in [-0.15, -0.1) is 0 Å². The summed E-state index contributed by atoms with van der Waals surface area (Å²) in [5, 5.41) is 9.24. The maximum atomic E-state index is 11.9. The number of rotatable bonds is 6. The number of hydrogen-bond acceptors (Lipinski definition) is 4. The van der Waals surface area contributed by atoms with Gasteiger partial charge in [-0.2, -0.15) is 5.26 Å². The van der Waals surface area contributed by atoms with Crippen molar-refractivity contribution in [3.05, 3.63) is 95.1 Å². The molecular formula is C26H24N2O2. The molecule has 4 nitrogen and oxygen atoms in total. The van der Waals surface area contributed by atoms with E-state index >= 15 is 0 Å². The molecule has 30 heavy (non-hydrogen) atoms. The zero-order chi connectivity index (χ0) is 21.5. The zero-order valence-corrected chi connectivity index (χ0v) is 17.4. The van der Waals surface area contributed by atoms with Crippen LogP contribution in [0.4, 0.5) is 17.1 Å². The van der Waals surface area contributed by atoms with Crippen molar-refractivity contribution in [1.29, 1.82) is 5.26 Å². The molecule has 150 valence electrons. The lowest BCUT2D eigenvalue weighted by molar-refractivity contribution is -0.137. The van der Waals surface area contributed by atoms with E-state index in [1.807, 2.05) is 30.3 Å². The predicted molar refractivity (Wildman–Crippen MR) is 121 cm³/mol. The summed E-state index contributed by atoms with van der Waals surface area (Å²) in [5.74, 6) is -0.606. The first kappa shape index (κ1) is 20.9. The van der Waals surface area contributed by atoms with Gasteiger partial charge in [-0.05, 0) is 68.8 Å². The van der Waals surface area contributed by atoms with Gasteiger partial charge in [-0.25, -0.2) is 4.79 Å². The third-order valence-electron chi connectivity index (χ3n) is 4.66. The van der Waals surface area contributed by atoms with E-state index in [-0.39, 0.29) is 12.2 Å². The number of carbonyl (C=O) groups is 1. The Bertz CT molecular complexity index is 1030. The maximum Gasteiger partial charge on any atom is 0.348 e. The van der Waals surface area contributed by atoms with Gasteiger partial charge in [0.1, 0.15) is 11.6 Å². The molecule has 0 saturated heterocycles. The van der Waals surface area contributed by atoms with Crippen molar-refractivity contribution in [2.45, 2.75) is 20.8 Å². The molecule has 0 spiro atoms. The SMILES string of the molecule is CCOC(=O)/C(C#N)=C/c1ccc(N(c2ccc(C)cc2)c2ccc(C)cc2)cc1. The van der Waals surface area contributed by atoms with Gasteiger partial charge in [0.15, 0.2) is 0 Å². The highest BCUT2D eigenvalue weighted by Gasteiger charge is 2.13. The average molecular weight is 396 g/mol. The standard InChI is InChI=1S/C26H24N2O2/c1-4-30-26(29)22(18-27)17-21-9-15-25(16-10-21)28(23-11-5-19(2)6-12-23)24-13-7-20(3)8-14-24/h5-17H,4H2,1-3H3/b22-17+. The minimum atomic E-state index is -0.606. The first-order valence-electron chi connectivity index (χ1n) is 9.84. The van der Waals surface area contributed by atoms with Gasteiger partial charge in [0.05, 0.1) is 6.61 Å². The topological polar surface area (TPSA) is 53.3 Å². The van der Waals surface area contributed by atoms with Crippen molar-refractivity contribution >= 4 is 29.1 Å². The molecule has 3 rings (SSSR count). The van der Waals surface area contributed by atoms with E-state index in [0.29, 0.717) is 0 Å². The predicted octanol–water partition coefficient (Wildman–Crippen LogP) is 6.24. The van der Waals surface area contributed by atoms with Crippen molar-refractivity contribution in [1.82, 2.24) is 0 Å². The molecular weight excluding hydrogens is 372 g/mol. The number of esters is 1. The van der Waals surface area contributed by atoms with E-state index in [9.17, 15) is 10.1 Å². The van der Waals surface area contributed by atoms with Crippen LogP contribution in [0, 0.1) is 25.2 Å². The molecule has 3 aromatic carbocycles. The quantitative estimate of drug-likeness (QED) is 0.281. The summed E-state index contributed by atoms with van der Waals surface area (Å²) < 4.78 is 4.93. The number of anilines is 3. The van der Waals surface area contributed by atoms with Crippen molar-refractivity contribution < 1.29 is 9.53 Å². The molecule has 3 aromatic rings. The second-order valence-electron chi connectivity index (χ2n) is 6.99. The molecule has 0 amide bonds. The van der Waals surface area contributed by atoms with E-state index in [1.54, 1.807) is 13.0 Å². The van der Waals surface area contributed by atoms with E-state index < -0.39 is 5.97 Å². The maximum absolute atomic E-state index is 11.9. The van der Waals surface area contributed by atoms with Crippen LogP contribution in [0.5, 0.6) is 0 Å². The van der Waals surface area contributed by atoms with Crippen LogP contribution in [0.3, 0.4) is 0 Å². The molecule has 0 aromatic heterocycles. The number of nitrogens with zero attached hydrogens (tertiary/aromatic N) is 2. The fourth-order valence-electron chi connectivity index (χ4n) is 3.07. The lowest BCUT2D eigenvalue weighted by atomic mass is 10.1. The first-order valence-corrected chi connectivity index (χ1v) is 9.84. The monoisotopic (exact) mass is 396 g/mol. The number of carbonyl (C=O) groups excluding carboxylic acids is 1. The summed E-state index contributed by atoms with van der Waals surface area (Å²) >= 11 is 0. The molecule has 0 radical (unpaired) electrons. The molecule has 0 unspecified atom stereocenters. The molecule has 0 heterocycles. The fraction of sp³-hybridized carbons (Fsp3) is 0.154. The molecule has 0 N–H and O–H groups in total. The number of hydrogen-bond donors (Lipinski definition) is 0. The Morgan fingerprint density at radius 3 is 1.70 bits per heavy atom. The van der Waals surface area contributed by atoms with Crippen molar-refractivity contribution in [2.75, 3.05) is 11.5 Å². The molecule has 0 bridgehead atoms. The number of aryl methyl sites for hydroxylation is 2. The average Bonchev–Trinajstić information content (AvgIpc) is 2.76. The van der Waals surface area contributed by atoms with Crippen LogP contribution in [0.1, 0.15) is 23.6 Å². The lowest BCUT2D eigenvalue weighted by Gasteiger charge is -2.25. The second-order valence-corrected chi connectivity index (χ2v) is 6.99. The molecule has 0 fully saturated rings. The van der Waals surface area contributed by atoms with Crippen LogP contribution >= 0.6 is 0 Å². The lowest BCUT2D eigenvalue weighted by Crippen LogP contribution is -2.10. The Balaban J connectivity index is 1.98. The normalized spacial score (nSPS) is 10.9. The Kier molecular flexibility index (Phi) is 6.67. The van der Waals surface area contributed by atoms with Crippen molar-refractivity contribution in [3.8, 4) is 6.07 Å². The van der Waals surface area contributed by atoms with Crippen LogP contribution < -0.4 is 4.90 Å². The van der Waals surface area contributed by atoms with E-state index in [1.165, 1.54) is 11.1 Å². The van der Waals surface area contributed by atoms with Crippen molar-refractivity contribution in [2.24, 2.45) is 0 Å². The second kappa shape index (κ2) is 9.58. The summed E-state index contributed by atoms with van der Waals surface area (Å²) in [6, 6.07) is 26.4. The third kappa shape index (κ3) is 4.95. The minimum absolute atomic E-state index is 0.0153. The fourth-order valence-corrected chi connectivity index (χ4v) is 3.07. The molecule has 0 saturated carbocycles. The Labute approximate surface area is 177 Å². The van der Waals surface area contributed by atoms with Crippen LogP contribution in [0.25, 0.3) is 6.08 Å². The van der Waals surface area contributed by atoms with E-state index in [4.69, 9.17) is 4.74 Å². The number of benzene rings is 3. The van der Waals surface area contributed by atoms with Gasteiger partial charge in [-0.3, -0.25) is 0 Å². The number of ether oxygens (including phenoxy) is 1. The smallest absolute Gasteiger partial charge is 0.348 e. The summed E-state index contributed by atoms with van der Waals surface area (Å²) in [4.78, 5) is 14.0. The summed E-state index contributed by atoms with van der Waals surface area (Å²) in [5.41, 5.74) is 6.23. The van der Waals surface area contributed by atoms with Gasteiger partial charge >= 0.3 is 5.97 Å². The Morgan fingerprint density at radius 1 is 0.867 bits per heavy atom. The highest BCUT2D eigenvalue weighted by Crippen LogP contribution is 2.34. The van der Waals surface area contributed by atoms with Crippen LogP contribution in [-0.2, 0) is 9.53 Å². The van der Waals surface area contributed by atoms with Crippen LogP contribution in [0.15, 0.2) is 78.4 Å². The summed E-state index contributed by atoms with van der Waals surface area (Å²) in [6.45, 7) is 6.08. The van der Waals surface area contributed by atoms with E-state index in [0.717, 1.165) is 22.6 Å². The Hall–Kier alpha value is -3.84. The summed E-state index contributed by atoms with van der Waals surface area (Å²) in [7, 11) is 0. The highest BCUT2D eigenvalue weighted by molar-refractivity contribution is 5.98. The molecule has 0 aliphatic heterocycles. The summed E-state index contributed by atoms with van der Waals surface area (Å²) in [6.07, 6.45) is 1.55. The highest BCUT2D eigenvalue weighted by atomic mass is 16.5. The van der Waals surface area contributed by atoms with Gasteiger partial charge in [0.25, 0.3) is 0 Å². The van der Waals surface area contributed by atoms with Crippen LogP contribution in [0.2, 0.25) is 0 Å². The first-order chi connectivity index (χ1) is 14.5. The number of nitriles is 1. The van der Waals surface area contributed by atoms with Gasteiger partial charge in [0, 0.05) is 17.1 Å². The third-order valence-corrected chi connectivity index (χ3v) is 4.66. The van der Waals surface area contributed by atoms with E-state index in [2.05, 4.69) is 67.3 Å². The van der Waals surface area contributed by atoms with Gasteiger partial charge in [0.2, 0.25) is 0 Å². The van der Waals surface area contributed by atoms with Gasteiger partial charge < -0.3 is 9.64 Å². The molecule has 0 aliphatic carbocycles. The zero-order valence-electron chi connectivity index (χ0n) is 17.4. The van der Waals surface area contributed by atoms with Crippen LogP contribution in [-0.4, -0.2) is 12.6 Å². The van der Waals surface area contributed by atoms with Gasteiger partial charge in [-0.1, -0.05) is 47.5 Å².